The van der Waals surface area contributed by atoms with Crippen molar-refractivity contribution in [3.05, 3.63) is 47.5 Å². The van der Waals surface area contributed by atoms with Gasteiger partial charge in [-0.2, -0.15) is 0 Å². The normalized spacial score (nSPS) is 15.5. The fourth-order valence-corrected chi connectivity index (χ4v) is 3.99. The van der Waals surface area contributed by atoms with Crippen LogP contribution in [-0.4, -0.2) is 13.6 Å². The Kier molecular flexibility index (Phi) is 3.61. The summed E-state index contributed by atoms with van der Waals surface area (Å²) in [5.74, 6) is -0.289. The van der Waals surface area contributed by atoms with Gasteiger partial charge in [0.2, 0.25) is 0 Å². The lowest BCUT2D eigenvalue weighted by atomic mass is 10.2. The lowest BCUT2D eigenvalue weighted by Gasteiger charge is -2.40. The highest BCUT2D eigenvalue weighted by Gasteiger charge is 2.65. The summed E-state index contributed by atoms with van der Waals surface area (Å²) in [5, 5.41) is 3.76. The first-order valence-electron chi connectivity index (χ1n) is 6.58. The molecule has 0 saturated carbocycles. The number of halogens is 6. The molecule has 0 radical (unpaired) electrons. The number of hydrogen-bond acceptors (Lipinski definition) is 4. The molecule has 13 heteroatoms. The van der Waals surface area contributed by atoms with Crippen molar-refractivity contribution in [1.82, 2.24) is 5.16 Å². The maximum absolute atomic E-state index is 12.7. The van der Waals surface area contributed by atoms with Gasteiger partial charge in [0.15, 0.2) is 11.4 Å². The van der Waals surface area contributed by atoms with Crippen LogP contribution in [0.2, 0.25) is 5.02 Å². The maximum Gasteiger partial charge on any atom is 0.310 e. The van der Waals surface area contributed by atoms with E-state index in [0.29, 0.717) is 12.1 Å². The third-order valence-electron chi connectivity index (χ3n) is 3.26. The third kappa shape index (κ3) is 3.57. The van der Waals surface area contributed by atoms with E-state index in [1.165, 1.54) is 18.2 Å². The van der Waals surface area contributed by atoms with E-state index in [2.05, 4.69) is 5.16 Å². The summed E-state index contributed by atoms with van der Waals surface area (Å²) in [6.45, 7) is 0. The Morgan fingerprint density at radius 2 is 1.62 bits per heavy atom. The van der Waals surface area contributed by atoms with Crippen LogP contribution in [0.5, 0.6) is 0 Å². The van der Waals surface area contributed by atoms with Crippen molar-refractivity contribution in [3.8, 4) is 0 Å². The lowest BCUT2D eigenvalue weighted by molar-refractivity contribution is 0.364. The molecule has 0 fully saturated rings. The van der Waals surface area contributed by atoms with Crippen LogP contribution in [0.1, 0.15) is 0 Å². The van der Waals surface area contributed by atoms with E-state index in [4.69, 9.17) is 16.1 Å². The molecular formula is C13H8ClF5N2O3S2. The average Bonchev–Trinajstić information content (AvgIpc) is 2.89. The molecule has 3 aromatic rings. The Hall–Kier alpha value is -2.05. The first kappa shape index (κ1) is 18.7. The second kappa shape index (κ2) is 5.02. The first-order valence-corrected chi connectivity index (χ1v) is 10.4. The summed E-state index contributed by atoms with van der Waals surface area (Å²) in [6.07, 6.45) is 0. The fourth-order valence-electron chi connectivity index (χ4n) is 2.08. The minimum absolute atomic E-state index is 0.00397. The van der Waals surface area contributed by atoms with Gasteiger partial charge < -0.3 is 4.52 Å². The smallest absolute Gasteiger partial charge is 0.310 e. The molecule has 1 heterocycles. The molecule has 0 unspecified atom stereocenters. The molecular weight excluding hydrogens is 427 g/mol. The number of sulfonamides is 1. The second-order valence-corrected chi connectivity index (χ2v) is 9.69. The summed E-state index contributed by atoms with van der Waals surface area (Å²) in [7, 11) is -14.3. The number of benzene rings is 2. The number of hydrogen-bond donors (Lipinski definition) is 1. The Balaban J connectivity index is 1.99. The molecule has 2 aromatic carbocycles. The summed E-state index contributed by atoms with van der Waals surface area (Å²) >= 11 is 5.94. The molecule has 5 nitrogen and oxygen atoms in total. The molecule has 26 heavy (non-hydrogen) atoms. The largest absolute Gasteiger partial charge is 0.354 e. The maximum atomic E-state index is 12.7. The number of nitrogens with zero attached hydrogens (tertiary/aromatic N) is 1. The van der Waals surface area contributed by atoms with Crippen LogP contribution in [0, 0.1) is 0 Å². The minimum atomic E-state index is -9.89. The van der Waals surface area contributed by atoms with Gasteiger partial charge in [-0.05, 0) is 36.4 Å². The standard InChI is InChI=1S/C13H8ClF5N2O3S2/c14-10-2-1-3-11-12(10)13(20-24-11)21-25(22,23)8-4-6-9(7-5-8)26(15,16,17,18)19/h1-7H,(H,20,21). The van der Waals surface area contributed by atoms with Crippen LogP contribution in [0.4, 0.5) is 25.2 Å². The molecule has 0 atom stereocenters. The Morgan fingerprint density at radius 3 is 2.19 bits per heavy atom. The molecule has 0 saturated heterocycles. The molecule has 0 aliphatic carbocycles. The first-order chi connectivity index (χ1) is 11.7. The zero-order chi connectivity index (χ0) is 19.4. The minimum Gasteiger partial charge on any atom is -0.354 e. The number of nitrogens with one attached hydrogen (secondary N) is 1. The van der Waals surface area contributed by atoms with Crippen molar-refractivity contribution >= 4 is 48.6 Å². The monoisotopic (exact) mass is 434 g/mol. The van der Waals surface area contributed by atoms with Crippen LogP contribution in [0.3, 0.4) is 0 Å². The van der Waals surface area contributed by atoms with Gasteiger partial charge in [0, 0.05) is 0 Å². The average molecular weight is 435 g/mol. The van der Waals surface area contributed by atoms with E-state index in [0.717, 1.165) is 0 Å². The lowest BCUT2D eigenvalue weighted by Crippen LogP contribution is -2.14. The van der Waals surface area contributed by atoms with Crippen LogP contribution >= 0.6 is 21.8 Å². The van der Waals surface area contributed by atoms with Crippen LogP contribution in [0.15, 0.2) is 56.8 Å². The van der Waals surface area contributed by atoms with E-state index in [1.54, 1.807) is 0 Å². The number of fused-ring (bicyclic) bond motifs is 1. The quantitative estimate of drug-likeness (QED) is 0.516. The van der Waals surface area contributed by atoms with Crippen molar-refractivity contribution in [2.24, 2.45) is 0 Å². The van der Waals surface area contributed by atoms with Crippen molar-refractivity contribution in [2.45, 2.75) is 9.79 Å². The fraction of sp³-hybridized carbons (Fsp3) is 0. The molecule has 142 valence electrons. The Labute approximate surface area is 148 Å². The zero-order valence-corrected chi connectivity index (χ0v) is 14.7. The van der Waals surface area contributed by atoms with Gasteiger partial charge in [0.1, 0.15) is 4.90 Å². The molecule has 0 aliphatic heterocycles. The van der Waals surface area contributed by atoms with E-state index >= 15 is 0 Å². The highest BCUT2D eigenvalue weighted by molar-refractivity contribution is 8.45. The van der Waals surface area contributed by atoms with Crippen molar-refractivity contribution in [2.75, 3.05) is 4.72 Å². The molecule has 0 bridgehead atoms. The second-order valence-electron chi connectivity index (χ2n) is 5.19. The van der Waals surface area contributed by atoms with E-state index < -0.39 is 30.0 Å². The summed E-state index contributed by atoms with van der Waals surface area (Å²) in [5.41, 5.74) is 0.173. The summed E-state index contributed by atoms with van der Waals surface area (Å²) in [6, 6.07) is 5.29. The van der Waals surface area contributed by atoms with Gasteiger partial charge in [0.05, 0.1) is 15.3 Å². The zero-order valence-electron chi connectivity index (χ0n) is 12.3. The molecule has 3 rings (SSSR count). The van der Waals surface area contributed by atoms with E-state index in [9.17, 15) is 27.8 Å². The van der Waals surface area contributed by atoms with Crippen LogP contribution in [0.25, 0.3) is 11.0 Å². The van der Waals surface area contributed by atoms with Crippen molar-refractivity contribution in [3.63, 3.8) is 0 Å². The third-order valence-corrected chi connectivity index (χ3v) is 6.09. The van der Waals surface area contributed by atoms with Crippen LogP contribution < -0.4 is 4.72 Å². The topological polar surface area (TPSA) is 72.2 Å². The van der Waals surface area contributed by atoms with Gasteiger partial charge in [-0.3, -0.25) is 4.72 Å². The Morgan fingerprint density at radius 1 is 1.00 bits per heavy atom. The predicted molar refractivity (Wildman–Crippen MR) is 87.7 cm³/mol. The van der Waals surface area contributed by atoms with Crippen LogP contribution in [-0.2, 0) is 10.0 Å². The van der Waals surface area contributed by atoms with Gasteiger partial charge in [-0.15, -0.1) is 0 Å². The van der Waals surface area contributed by atoms with E-state index in [-0.39, 0.29) is 33.9 Å². The van der Waals surface area contributed by atoms with Gasteiger partial charge in [0.25, 0.3) is 10.0 Å². The highest BCUT2D eigenvalue weighted by atomic mass is 35.5. The molecule has 1 N–H and O–H groups in total. The van der Waals surface area contributed by atoms with E-state index in [1.807, 2.05) is 4.72 Å². The number of rotatable bonds is 4. The van der Waals surface area contributed by atoms with Crippen molar-refractivity contribution in [1.29, 1.82) is 0 Å². The Bertz CT molecular complexity index is 1110. The van der Waals surface area contributed by atoms with Gasteiger partial charge >= 0.3 is 10.2 Å². The van der Waals surface area contributed by atoms with Gasteiger partial charge in [-0.25, -0.2) is 8.42 Å². The molecule has 0 aliphatic rings. The van der Waals surface area contributed by atoms with Gasteiger partial charge in [-0.1, -0.05) is 42.3 Å². The summed E-state index contributed by atoms with van der Waals surface area (Å²) in [4.78, 5) is -2.87. The summed E-state index contributed by atoms with van der Waals surface area (Å²) < 4.78 is 94.9. The predicted octanol–water partition coefficient (Wildman–Crippen LogP) is 5.94. The number of aromatic nitrogens is 1. The number of anilines is 1. The molecule has 0 spiro atoms. The SMILES string of the molecule is O=S(=O)(Nc1noc2cccc(Cl)c12)c1ccc(S(F)(F)(F)(F)F)cc1. The highest BCUT2D eigenvalue weighted by Crippen LogP contribution is 3.02. The molecule has 1 aromatic heterocycles. The molecule has 0 amide bonds. The van der Waals surface area contributed by atoms with Crippen molar-refractivity contribution < 1.29 is 32.4 Å².